The van der Waals surface area contributed by atoms with Gasteiger partial charge >= 0.3 is 12.1 Å². The predicted octanol–water partition coefficient (Wildman–Crippen LogP) is 6.66. The van der Waals surface area contributed by atoms with Gasteiger partial charge in [0, 0.05) is 11.3 Å². The molecular weight excluding hydrogens is 431 g/mol. The van der Waals surface area contributed by atoms with Gasteiger partial charge < -0.3 is 15.6 Å². The Morgan fingerprint density at radius 1 is 0.970 bits per heavy atom. The van der Waals surface area contributed by atoms with Gasteiger partial charge in [-0.1, -0.05) is 36.4 Å². The number of nitrogens with two attached hydrogens (primary N) is 1. The van der Waals surface area contributed by atoms with Gasteiger partial charge in [-0.3, -0.25) is 0 Å². The first-order valence-corrected chi connectivity index (χ1v) is 10.5. The van der Waals surface area contributed by atoms with Crippen molar-refractivity contribution in [2.24, 2.45) is 0 Å². The highest BCUT2D eigenvalue weighted by Gasteiger charge is 2.32. The minimum Gasteiger partial charge on any atom is -0.488 e. The molecule has 4 nitrogen and oxygen atoms in total. The number of benzene rings is 3. The van der Waals surface area contributed by atoms with Crippen LogP contribution in [0.25, 0.3) is 11.1 Å². The van der Waals surface area contributed by atoms with Gasteiger partial charge in [-0.25, -0.2) is 4.79 Å². The van der Waals surface area contributed by atoms with Gasteiger partial charge in [-0.05, 0) is 71.9 Å². The normalized spacial score (nSPS) is 13.9. The maximum atomic E-state index is 13.5. The molecule has 170 valence electrons. The van der Waals surface area contributed by atoms with Crippen molar-refractivity contribution in [2.75, 3.05) is 5.73 Å². The minimum absolute atomic E-state index is 0.0316. The smallest absolute Gasteiger partial charge is 0.416 e. The Hall–Kier alpha value is -3.74. The predicted molar refractivity (Wildman–Crippen MR) is 121 cm³/mol. The molecule has 0 saturated carbocycles. The number of rotatable bonds is 6. The molecule has 0 bridgehead atoms. The van der Waals surface area contributed by atoms with Gasteiger partial charge in [0.05, 0.1) is 11.1 Å². The fraction of sp³-hybridized carbons (Fsp3) is 0.192. The quantitative estimate of drug-likeness (QED) is 0.410. The van der Waals surface area contributed by atoms with E-state index in [0.717, 1.165) is 35.3 Å². The molecule has 0 spiro atoms. The van der Waals surface area contributed by atoms with Crippen LogP contribution in [-0.4, -0.2) is 11.1 Å². The summed E-state index contributed by atoms with van der Waals surface area (Å²) in [4.78, 5) is 11.5. The van der Waals surface area contributed by atoms with Crippen LogP contribution in [-0.2, 0) is 12.8 Å². The van der Waals surface area contributed by atoms with Crippen LogP contribution in [0.4, 0.5) is 18.9 Å². The summed E-state index contributed by atoms with van der Waals surface area (Å²) < 4.78 is 46.5. The van der Waals surface area contributed by atoms with Gasteiger partial charge in [-0.15, -0.1) is 0 Å². The summed E-state index contributed by atoms with van der Waals surface area (Å²) >= 11 is 0. The molecule has 3 aromatic rings. The van der Waals surface area contributed by atoms with E-state index in [1.165, 1.54) is 18.2 Å². The average Bonchev–Trinajstić information content (AvgIpc) is 3.27. The van der Waals surface area contributed by atoms with Crippen molar-refractivity contribution in [3.63, 3.8) is 0 Å². The number of nitrogen functional groups attached to an aromatic ring is 1. The lowest BCUT2D eigenvalue weighted by atomic mass is 9.94. The van der Waals surface area contributed by atoms with Crippen LogP contribution in [0.3, 0.4) is 0 Å². The molecule has 1 aliphatic rings. The molecule has 0 atom stereocenters. The molecule has 0 unspecified atom stereocenters. The second-order valence-corrected chi connectivity index (χ2v) is 7.90. The summed E-state index contributed by atoms with van der Waals surface area (Å²) in [5.41, 5.74) is 8.57. The highest BCUT2D eigenvalue weighted by Crippen LogP contribution is 2.45. The maximum Gasteiger partial charge on any atom is 0.416 e. The Labute approximate surface area is 189 Å². The summed E-state index contributed by atoms with van der Waals surface area (Å²) in [6.45, 7) is 0.215. The monoisotopic (exact) mass is 453 g/mol. The van der Waals surface area contributed by atoms with Gasteiger partial charge in [0.25, 0.3) is 0 Å². The number of carboxylic acids is 1. The number of anilines is 1. The van der Waals surface area contributed by atoms with Crippen LogP contribution in [0.1, 0.15) is 51.9 Å². The van der Waals surface area contributed by atoms with E-state index in [9.17, 15) is 23.1 Å². The Balaban J connectivity index is 1.80. The first kappa shape index (κ1) is 22.5. The Kier molecular flexibility index (Phi) is 6.14. The molecule has 4 rings (SSSR count). The number of hydrogen-bond donors (Lipinski definition) is 2. The zero-order valence-electron chi connectivity index (χ0n) is 17.7. The molecule has 0 saturated heterocycles. The van der Waals surface area contributed by atoms with Crippen molar-refractivity contribution >= 4 is 22.8 Å². The summed E-state index contributed by atoms with van der Waals surface area (Å²) in [5, 5.41) is 9.42. The van der Waals surface area contributed by atoms with Gasteiger partial charge in [0.2, 0.25) is 0 Å². The van der Waals surface area contributed by atoms with Crippen LogP contribution >= 0.6 is 0 Å². The Morgan fingerprint density at radius 3 is 2.39 bits per heavy atom. The number of carboxylic acid groups (broad SMARTS) is 1. The summed E-state index contributed by atoms with van der Waals surface area (Å²) in [6, 6.07) is 17.6. The SMILES string of the molecule is Nc1ccc(C2=C(c3cc(C(F)(F)F)ccc3OCc3ccccc3)CCC2)cc1C(=O)O. The van der Waals surface area contributed by atoms with Gasteiger partial charge in [0.15, 0.2) is 0 Å². The van der Waals surface area contributed by atoms with Crippen molar-refractivity contribution < 1.29 is 27.8 Å². The molecule has 0 amide bonds. The zero-order valence-corrected chi connectivity index (χ0v) is 17.7. The summed E-state index contributed by atoms with van der Waals surface area (Å²) in [7, 11) is 0. The molecule has 33 heavy (non-hydrogen) atoms. The largest absolute Gasteiger partial charge is 0.488 e. The maximum absolute atomic E-state index is 13.5. The third-order valence-electron chi connectivity index (χ3n) is 5.72. The minimum atomic E-state index is -4.50. The molecular formula is C26H22F3NO3. The van der Waals surface area contributed by atoms with Crippen molar-refractivity contribution in [3.8, 4) is 5.75 Å². The number of aromatic carboxylic acids is 1. The van der Waals surface area contributed by atoms with E-state index in [0.29, 0.717) is 29.7 Å². The molecule has 0 heterocycles. The van der Waals surface area contributed by atoms with Crippen LogP contribution in [0.15, 0.2) is 66.7 Å². The lowest BCUT2D eigenvalue weighted by molar-refractivity contribution is -0.137. The van der Waals surface area contributed by atoms with E-state index in [2.05, 4.69) is 0 Å². The van der Waals surface area contributed by atoms with Crippen LogP contribution in [0, 0.1) is 0 Å². The van der Waals surface area contributed by atoms with E-state index in [-0.39, 0.29) is 17.9 Å². The molecule has 1 aliphatic carbocycles. The molecule has 3 aromatic carbocycles. The summed E-state index contributed by atoms with van der Waals surface area (Å²) in [6.07, 6.45) is -2.58. The van der Waals surface area contributed by atoms with E-state index < -0.39 is 17.7 Å². The number of carbonyl (C=O) groups is 1. The molecule has 7 heteroatoms. The second-order valence-electron chi connectivity index (χ2n) is 7.90. The number of halogens is 3. The first-order valence-electron chi connectivity index (χ1n) is 10.5. The van der Waals surface area contributed by atoms with E-state index in [1.54, 1.807) is 6.07 Å². The molecule has 0 fully saturated rings. The van der Waals surface area contributed by atoms with Crippen LogP contribution in [0.5, 0.6) is 5.75 Å². The third kappa shape index (κ3) is 4.87. The summed E-state index contributed by atoms with van der Waals surface area (Å²) in [5.74, 6) is -0.796. The van der Waals surface area contributed by atoms with E-state index in [4.69, 9.17) is 10.5 Å². The second kappa shape index (κ2) is 9.02. The first-order chi connectivity index (χ1) is 15.7. The molecule has 3 N–H and O–H groups in total. The molecule has 0 aromatic heterocycles. The number of alkyl halides is 3. The number of allylic oxidation sites excluding steroid dienone is 2. The molecule has 0 aliphatic heterocycles. The highest BCUT2D eigenvalue weighted by molar-refractivity contribution is 5.98. The van der Waals surface area contributed by atoms with Crippen LogP contribution < -0.4 is 10.5 Å². The Morgan fingerprint density at radius 2 is 1.70 bits per heavy atom. The third-order valence-corrected chi connectivity index (χ3v) is 5.72. The average molecular weight is 453 g/mol. The Bertz CT molecular complexity index is 1220. The van der Waals surface area contributed by atoms with E-state index >= 15 is 0 Å². The van der Waals surface area contributed by atoms with Crippen molar-refractivity contribution in [1.82, 2.24) is 0 Å². The molecule has 0 radical (unpaired) electrons. The van der Waals surface area contributed by atoms with Gasteiger partial charge in [-0.2, -0.15) is 13.2 Å². The standard InChI is InChI=1S/C26H22F3NO3/c27-26(28,29)18-10-12-24(33-15-16-5-2-1-3-6-16)21(14-18)20-8-4-7-19(20)17-9-11-23(30)22(13-17)25(31)32/h1-3,5-6,9-14H,4,7-8,15,30H2,(H,31,32). The van der Waals surface area contributed by atoms with Crippen molar-refractivity contribution in [1.29, 1.82) is 0 Å². The number of ether oxygens (including phenoxy) is 1. The highest BCUT2D eigenvalue weighted by atomic mass is 19.4. The fourth-order valence-electron chi connectivity index (χ4n) is 4.09. The fourth-order valence-corrected chi connectivity index (χ4v) is 4.09. The van der Waals surface area contributed by atoms with Crippen molar-refractivity contribution in [3.05, 3.63) is 94.5 Å². The topological polar surface area (TPSA) is 72.5 Å². The van der Waals surface area contributed by atoms with Crippen molar-refractivity contribution in [2.45, 2.75) is 32.0 Å². The number of hydrogen-bond acceptors (Lipinski definition) is 3. The lowest BCUT2D eigenvalue weighted by Gasteiger charge is -2.17. The lowest BCUT2D eigenvalue weighted by Crippen LogP contribution is -2.07. The van der Waals surface area contributed by atoms with E-state index in [1.807, 2.05) is 30.3 Å². The van der Waals surface area contributed by atoms with Crippen LogP contribution in [0.2, 0.25) is 0 Å². The van der Waals surface area contributed by atoms with Gasteiger partial charge in [0.1, 0.15) is 12.4 Å². The zero-order chi connectivity index (χ0) is 23.6.